The van der Waals surface area contributed by atoms with Gasteiger partial charge in [0, 0.05) is 17.6 Å². The SMILES string of the molecule is CCOCc1c(C(=O)NNC(=O)c2ccccc2Cl)oc2ccccc12. The smallest absolute Gasteiger partial charge is 0.305 e. The van der Waals surface area contributed by atoms with E-state index >= 15 is 0 Å². The van der Waals surface area contributed by atoms with Crippen molar-refractivity contribution in [2.45, 2.75) is 13.5 Å². The van der Waals surface area contributed by atoms with Crippen molar-refractivity contribution >= 4 is 34.4 Å². The van der Waals surface area contributed by atoms with Crippen LogP contribution < -0.4 is 10.9 Å². The summed E-state index contributed by atoms with van der Waals surface area (Å²) in [6.07, 6.45) is 0. The van der Waals surface area contributed by atoms with E-state index in [1.165, 1.54) is 0 Å². The number of hydrogen-bond donors (Lipinski definition) is 2. The highest BCUT2D eigenvalue weighted by Gasteiger charge is 2.21. The molecule has 7 heteroatoms. The minimum Gasteiger partial charge on any atom is -0.450 e. The number of carbonyl (C=O) groups is 2. The van der Waals surface area contributed by atoms with Gasteiger partial charge in [0.05, 0.1) is 17.2 Å². The topological polar surface area (TPSA) is 80.6 Å². The van der Waals surface area contributed by atoms with Gasteiger partial charge in [-0.1, -0.05) is 41.9 Å². The van der Waals surface area contributed by atoms with E-state index in [9.17, 15) is 9.59 Å². The van der Waals surface area contributed by atoms with Crippen LogP contribution in [0.25, 0.3) is 11.0 Å². The van der Waals surface area contributed by atoms with E-state index in [1.54, 1.807) is 30.3 Å². The maximum atomic E-state index is 12.5. The molecule has 0 fully saturated rings. The molecule has 0 atom stereocenters. The third-order valence-electron chi connectivity index (χ3n) is 3.76. The van der Waals surface area contributed by atoms with Crippen LogP contribution in [0.5, 0.6) is 0 Å². The Morgan fingerprint density at radius 1 is 1.04 bits per heavy atom. The van der Waals surface area contributed by atoms with Crippen molar-refractivity contribution in [1.82, 2.24) is 10.9 Å². The summed E-state index contributed by atoms with van der Waals surface area (Å²) in [5, 5.41) is 1.09. The first kappa shape index (κ1) is 18.0. The molecule has 0 unspecified atom stereocenters. The number of para-hydroxylation sites is 1. The number of carbonyl (C=O) groups excluding carboxylic acids is 2. The molecule has 6 nitrogen and oxygen atoms in total. The zero-order valence-electron chi connectivity index (χ0n) is 14.0. The normalized spacial score (nSPS) is 10.7. The molecular formula is C19H17ClN2O4. The Labute approximate surface area is 155 Å². The second kappa shape index (κ2) is 8.03. The molecule has 0 aliphatic heterocycles. The number of ether oxygens (including phenoxy) is 1. The molecule has 1 heterocycles. The fourth-order valence-corrected chi connectivity index (χ4v) is 2.73. The first-order valence-corrected chi connectivity index (χ1v) is 8.43. The van der Waals surface area contributed by atoms with E-state index in [4.69, 9.17) is 20.8 Å². The van der Waals surface area contributed by atoms with Gasteiger partial charge in [0.1, 0.15) is 5.58 Å². The molecule has 134 valence electrons. The van der Waals surface area contributed by atoms with E-state index in [0.717, 1.165) is 5.39 Å². The average Bonchev–Trinajstić information content (AvgIpc) is 3.03. The molecule has 26 heavy (non-hydrogen) atoms. The predicted octanol–water partition coefficient (Wildman–Crippen LogP) is 3.70. The van der Waals surface area contributed by atoms with Crippen molar-refractivity contribution in [3.05, 3.63) is 70.4 Å². The lowest BCUT2D eigenvalue weighted by molar-refractivity contribution is 0.0826. The van der Waals surface area contributed by atoms with E-state index in [1.807, 2.05) is 25.1 Å². The second-order valence-corrected chi connectivity index (χ2v) is 5.84. The van der Waals surface area contributed by atoms with Gasteiger partial charge in [-0.15, -0.1) is 0 Å². The predicted molar refractivity (Wildman–Crippen MR) is 97.9 cm³/mol. The molecule has 0 radical (unpaired) electrons. The molecule has 0 aliphatic carbocycles. The Hall–Kier alpha value is -2.83. The Morgan fingerprint density at radius 3 is 2.50 bits per heavy atom. The minimum atomic E-state index is -0.573. The van der Waals surface area contributed by atoms with Gasteiger partial charge in [0.2, 0.25) is 0 Å². The molecule has 3 rings (SSSR count). The lowest BCUT2D eigenvalue weighted by Crippen LogP contribution is -2.41. The molecule has 0 saturated carbocycles. The Bertz CT molecular complexity index is 952. The van der Waals surface area contributed by atoms with Gasteiger partial charge in [-0.2, -0.15) is 0 Å². The van der Waals surface area contributed by atoms with Crippen LogP contribution in [0, 0.1) is 0 Å². The molecule has 1 aromatic heterocycles. The van der Waals surface area contributed by atoms with Gasteiger partial charge in [-0.3, -0.25) is 20.4 Å². The first-order valence-electron chi connectivity index (χ1n) is 8.05. The minimum absolute atomic E-state index is 0.0964. The Balaban J connectivity index is 1.79. The summed E-state index contributed by atoms with van der Waals surface area (Å²) in [6, 6.07) is 13.8. The maximum Gasteiger partial charge on any atom is 0.305 e. The van der Waals surface area contributed by atoms with Crippen LogP contribution in [-0.4, -0.2) is 18.4 Å². The molecule has 0 bridgehead atoms. The molecule has 0 spiro atoms. The quantitative estimate of drug-likeness (QED) is 0.669. The molecular weight excluding hydrogens is 356 g/mol. The van der Waals surface area contributed by atoms with Gasteiger partial charge in [-0.05, 0) is 25.1 Å². The lowest BCUT2D eigenvalue weighted by Gasteiger charge is -2.08. The van der Waals surface area contributed by atoms with Crippen LogP contribution in [0.2, 0.25) is 5.02 Å². The maximum absolute atomic E-state index is 12.5. The van der Waals surface area contributed by atoms with Crippen LogP contribution in [0.15, 0.2) is 52.9 Å². The fraction of sp³-hybridized carbons (Fsp3) is 0.158. The van der Waals surface area contributed by atoms with E-state index in [2.05, 4.69) is 10.9 Å². The lowest BCUT2D eigenvalue weighted by atomic mass is 10.1. The summed E-state index contributed by atoms with van der Waals surface area (Å²) < 4.78 is 11.1. The number of amides is 2. The number of furan rings is 1. The van der Waals surface area contributed by atoms with Gasteiger partial charge in [0.15, 0.2) is 5.76 Å². The third kappa shape index (κ3) is 3.71. The summed E-state index contributed by atoms with van der Waals surface area (Å²) >= 11 is 5.98. The fourth-order valence-electron chi connectivity index (χ4n) is 2.51. The van der Waals surface area contributed by atoms with E-state index in [-0.39, 0.29) is 17.9 Å². The van der Waals surface area contributed by atoms with Crippen LogP contribution in [0.3, 0.4) is 0 Å². The highest BCUT2D eigenvalue weighted by atomic mass is 35.5. The Morgan fingerprint density at radius 2 is 1.73 bits per heavy atom. The highest BCUT2D eigenvalue weighted by Crippen LogP contribution is 2.26. The largest absolute Gasteiger partial charge is 0.450 e. The van der Waals surface area contributed by atoms with Gasteiger partial charge < -0.3 is 9.15 Å². The summed E-state index contributed by atoms with van der Waals surface area (Å²) in [6.45, 7) is 2.60. The van der Waals surface area contributed by atoms with Crippen molar-refractivity contribution in [2.75, 3.05) is 6.61 Å². The van der Waals surface area contributed by atoms with Gasteiger partial charge >= 0.3 is 5.91 Å². The molecule has 3 aromatic rings. The number of benzene rings is 2. The van der Waals surface area contributed by atoms with Crippen molar-refractivity contribution in [3.8, 4) is 0 Å². The zero-order chi connectivity index (χ0) is 18.5. The third-order valence-corrected chi connectivity index (χ3v) is 4.09. The molecule has 0 saturated heterocycles. The highest BCUT2D eigenvalue weighted by molar-refractivity contribution is 6.33. The van der Waals surface area contributed by atoms with Gasteiger partial charge in [-0.25, -0.2) is 0 Å². The number of rotatable bonds is 5. The molecule has 2 aromatic carbocycles. The first-order chi connectivity index (χ1) is 12.6. The molecule has 2 amide bonds. The summed E-state index contributed by atoms with van der Waals surface area (Å²) in [5.41, 5.74) is 6.16. The summed E-state index contributed by atoms with van der Waals surface area (Å²) in [5.74, 6) is -0.998. The van der Waals surface area contributed by atoms with Gasteiger partial charge in [0.25, 0.3) is 5.91 Å². The van der Waals surface area contributed by atoms with Crippen LogP contribution in [0.1, 0.15) is 33.4 Å². The zero-order valence-corrected chi connectivity index (χ0v) is 14.8. The van der Waals surface area contributed by atoms with Crippen LogP contribution in [0.4, 0.5) is 0 Å². The number of fused-ring (bicyclic) bond motifs is 1. The van der Waals surface area contributed by atoms with Crippen LogP contribution in [-0.2, 0) is 11.3 Å². The molecule has 0 aliphatic rings. The van der Waals surface area contributed by atoms with Crippen LogP contribution >= 0.6 is 11.6 Å². The number of hydrazine groups is 1. The Kier molecular flexibility index (Phi) is 5.55. The monoisotopic (exact) mass is 372 g/mol. The number of halogens is 1. The average molecular weight is 373 g/mol. The van der Waals surface area contributed by atoms with Crippen molar-refractivity contribution < 1.29 is 18.7 Å². The molecule has 2 N–H and O–H groups in total. The van der Waals surface area contributed by atoms with Crippen molar-refractivity contribution in [3.63, 3.8) is 0 Å². The standard InChI is InChI=1S/C19H17ClN2O4/c1-2-25-11-14-12-7-4-6-10-16(12)26-17(14)19(24)22-21-18(23)13-8-3-5-9-15(13)20/h3-10H,2,11H2,1H3,(H,21,23)(H,22,24). The van der Waals surface area contributed by atoms with E-state index in [0.29, 0.717) is 22.8 Å². The van der Waals surface area contributed by atoms with Crippen molar-refractivity contribution in [2.24, 2.45) is 0 Å². The van der Waals surface area contributed by atoms with Crippen molar-refractivity contribution in [1.29, 1.82) is 0 Å². The summed E-state index contributed by atoms with van der Waals surface area (Å²) in [4.78, 5) is 24.7. The van der Waals surface area contributed by atoms with E-state index < -0.39 is 11.8 Å². The number of nitrogens with one attached hydrogen (secondary N) is 2. The number of hydrogen-bond acceptors (Lipinski definition) is 4. The second-order valence-electron chi connectivity index (χ2n) is 5.43. The summed E-state index contributed by atoms with van der Waals surface area (Å²) in [7, 11) is 0.